The van der Waals surface area contributed by atoms with Crippen LogP contribution in [0.15, 0.2) is 23.4 Å². The molecule has 1 aliphatic carbocycles. The first kappa shape index (κ1) is 12.8. The van der Waals surface area contributed by atoms with Crippen molar-refractivity contribution in [2.24, 2.45) is 10.9 Å². The highest BCUT2D eigenvalue weighted by molar-refractivity contribution is 5.97. The number of hydrogen-bond donors (Lipinski definition) is 4. The Morgan fingerprint density at radius 2 is 2.22 bits per heavy atom. The monoisotopic (exact) mass is 253 g/mol. The summed E-state index contributed by atoms with van der Waals surface area (Å²) >= 11 is 0. The van der Waals surface area contributed by atoms with Crippen molar-refractivity contribution in [1.82, 2.24) is 5.32 Å². The maximum atomic E-state index is 14.0. The fourth-order valence-electron chi connectivity index (χ4n) is 1.98. The third-order valence-electron chi connectivity index (χ3n) is 3.16. The van der Waals surface area contributed by atoms with Crippen molar-refractivity contribution in [2.45, 2.75) is 31.5 Å². The van der Waals surface area contributed by atoms with Gasteiger partial charge in [0.25, 0.3) is 0 Å². The molecule has 1 aromatic rings. The minimum Gasteiger partial charge on any atom is -0.409 e. The number of nitrogens with one attached hydrogen (secondary N) is 1. The molecule has 1 aromatic carbocycles. The minimum absolute atomic E-state index is 0.0884. The van der Waals surface area contributed by atoms with Crippen LogP contribution in [0.5, 0.6) is 0 Å². The van der Waals surface area contributed by atoms with E-state index in [1.54, 1.807) is 12.1 Å². The zero-order valence-electron chi connectivity index (χ0n) is 9.81. The molecule has 1 aliphatic rings. The van der Waals surface area contributed by atoms with Crippen LogP contribution in [0, 0.1) is 5.82 Å². The first-order valence-electron chi connectivity index (χ1n) is 5.78. The molecule has 0 amide bonds. The topological polar surface area (TPSA) is 90.9 Å². The molecule has 98 valence electrons. The summed E-state index contributed by atoms with van der Waals surface area (Å²) in [6, 6.07) is 4.99. The summed E-state index contributed by atoms with van der Waals surface area (Å²) in [5.74, 6) is -0.728. The molecule has 5 nitrogen and oxygen atoms in total. The van der Waals surface area contributed by atoms with E-state index in [4.69, 9.17) is 16.0 Å². The summed E-state index contributed by atoms with van der Waals surface area (Å²) in [6.45, 7) is 0.357. The molecule has 2 rings (SSSR count). The van der Waals surface area contributed by atoms with Crippen molar-refractivity contribution < 1.29 is 14.7 Å². The Labute approximate surface area is 104 Å². The number of amidine groups is 1. The summed E-state index contributed by atoms with van der Waals surface area (Å²) in [5, 5.41) is 23.6. The molecule has 0 aliphatic heterocycles. The smallest absolute Gasteiger partial charge is 0.173 e. The molecule has 0 spiro atoms. The SMILES string of the molecule is N/C(=N/O)c1cccc(CNC2CC(O)C2)c1F. The second-order valence-electron chi connectivity index (χ2n) is 4.47. The van der Waals surface area contributed by atoms with Crippen LogP contribution in [0.4, 0.5) is 4.39 Å². The predicted molar refractivity (Wildman–Crippen MR) is 64.8 cm³/mol. The molecule has 1 saturated carbocycles. The van der Waals surface area contributed by atoms with E-state index in [2.05, 4.69) is 10.5 Å². The van der Waals surface area contributed by atoms with Crippen LogP contribution in [-0.2, 0) is 6.54 Å². The number of benzene rings is 1. The lowest BCUT2D eigenvalue weighted by atomic mass is 9.89. The predicted octanol–water partition coefficient (Wildman–Crippen LogP) is 0.533. The van der Waals surface area contributed by atoms with Gasteiger partial charge in [0.05, 0.1) is 11.7 Å². The van der Waals surface area contributed by atoms with Crippen molar-refractivity contribution in [3.05, 3.63) is 35.1 Å². The summed E-state index contributed by atoms with van der Waals surface area (Å²) in [4.78, 5) is 0. The summed E-state index contributed by atoms with van der Waals surface area (Å²) in [7, 11) is 0. The van der Waals surface area contributed by atoms with E-state index in [1.807, 2.05) is 0 Å². The molecular formula is C12H16FN3O2. The van der Waals surface area contributed by atoms with Crippen LogP contribution in [-0.4, -0.2) is 28.3 Å². The quantitative estimate of drug-likeness (QED) is 0.273. The van der Waals surface area contributed by atoms with E-state index in [0.717, 1.165) is 0 Å². The average Bonchev–Trinajstić information content (AvgIpc) is 2.34. The zero-order chi connectivity index (χ0) is 13.1. The van der Waals surface area contributed by atoms with Gasteiger partial charge in [0, 0.05) is 18.2 Å². The van der Waals surface area contributed by atoms with E-state index >= 15 is 0 Å². The standard InChI is InChI=1S/C12H16FN3O2/c13-11-7(6-15-8-4-9(17)5-8)2-1-3-10(11)12(14)16-18/h1-3,8-9,15,17-18H,4-6H2,(H2,14,16). The van der Waals surface area contributed by atoms with Crippen LogP contribution in [0.1, 0.15) is 24.0 Å². The second-order valence-corrected chi connectivity index (χ2v) is 4.47. The summed E-state index contributed by atoms with van der Waals surface area (Å²) in [5.41, 5.74) is 5.93. The molecular weight excluding hydrogens is 237 g/mol. The van der Waals surface area contributed by atoms with E-state index in [-0.39, 0.29) is 23.5 Å². The molecule has 0 unspecified atom stereocenters. The normalized spacial score (nSPS) is 23.8. The maximum absolute atomic E-state index is 14.0. The van der Waals surface area contributed by atoms with Crippen molar-refractivity contribution >= 4 is 5.84 Å². The Balaban J connectivity index is 2.04. The number of aliphatic hydroxyl groups is 1. The first-order chi connectivity index (χ1) is 8.61. The van der Waals surface area contributed by atoms with E-state index in [1.165, 1.54) is 6.07 Å². The Morgan fingerprint density at radius 3 is 2.83 bits per heavy atom. The fraction of sp³-hybridized carbons (Fsp3) is 0.417. The molecule has 18 heavy (non-hydrogen) atoms. The largest absolute Gasteiger partial charge is 0.409 e. The average molecular weight is 253 g/mol. The molecule has 0 bridgehead atoms. The molecule has 6 heteroatoms. The molecule has 0 radical (unpaired) electrons. The van der Waals surface area contributed by atoms with Gasteiger partial charge in [0.1, 0.15) is 5.82 Å². The summed E-state index contributed by atoms with van der Waals surface area (Å²) in [6.07, 6.45) is 1.15. The van der Waals surface area contributed by atoms with Crippen molar-refractivity contribution in [1.29, 1.82) is 0 Å². The number of hydrogen-bond acceptors (Lipinski definition) is 4. The lowest BCUT2D eigenvalue weighted by Gasteiger charge is -2.32. The van der Waals surface area contributed by atoms with Gasteiger partial charge >= 0.3 is 0 Å². The third kappa shape index (κ3) is 2.60. The van der Waals surface area contributed by atoms with Gasteiger partial charge in [-0.25, -0.2) is 4.39 Å². The molecule has 0 heterocycles. The summed E-state index contributed by atoms with van der Waals surface area (Å²) < 4.78 is 14.0. The Hall–Kier alpha value is -1.66. The lowest BCUT2D eigenvalue weighted by molar-refractivity contribution is 0.0618. The van der Waals surface area contributed by atoms with Crippen LogP contribution in [0.2, 0.25) is 0 Å². The molecule has 0 atom stereocenters. The number of oxime groups is 1. The number of aliphatic hydroxyl groups excluding tert-OH is 1. The van der Waals surface area contributed by atoms with Crippen LogP contribution in [0.25, 0.3) is 0 Å². The molecule has 0 saturated heterocycles. The van der Waals surface area contributed by atoms with Gasteiger partial charge in [-0.3, -0.25) is 0 Å². The third-order valence-corrected chi connectivity index (χ3v) is 3.16. The van der Waals surface area contributed by atoms with Gasteiger partial charge in [-0.05, 0) is 18.9 Å². The highest BCUT2D eigenvalue weighted by atomic mass is 19.1. The Morgan fingerprint density at radius 1 is 1.50 bits per heavy atom. The lowest BCUT2D eigenvalue weighted by Crippen LogP contribution is -2.43. The van der Waals surface area contributed by atoms with Gasteiger partial charge in [0.2, 0.25) is 0 Å². The van der Waals surface area contributed by atoms with E-state index in [9.17, 15) is 4.39 Å². The van der Waals surface area contributed by atoms with Crippen LogP contribution < -0.4 is 11.1 Å². The number of rotatable bonds is 4. The van der Waals surface area contributed by atoms with E-state index < -0.39 is 5.82 Å². The highest BCUT2D eigenvalue weighted by Gasteiger charge is 2.26. The Bertz CT molecular complexity index is 459. The van der Waals surface area contributed by atoms with Crippen LogP contribution in [0.3, 0.4) is 0 Å². The second kappa shape index (κ2) is 5.32. The zero-order valence-corrected chi connectivity index (χ0v) is 9.81. The molecule has 0 aromatic heterocycles. The van der Waals surface area contributed by atoms with Crippen molar-refractivity contribution in [3.8, 4) is 0 Å². The maximum Gasteiger partial charge on any atom is 0.173 e. The first-order valence-corrected chi connectivity index (χ1v) is 5.78. The van der Waals surface area contributed by atoms with Gasteiger partial charge in [-0.2, -0.15) is 0 Å². The van der Waals surface area contributed by atoms with E-state index in [0.29, 0.717) is 24.9 Å². The fourth-order valence-corrected chi connectivity index (χ4v) is 1.98. The number of nitrogens with two attached hydrogens (primary N) is 1. The van der Waals surface area contributed by atoms with Crippen molar-refractivity contribution in [2.75, 3.05) is 0 Å². The van der Waals surface area contributed by atoms with Gasteiger partial charge in [-0.15, -0.1) is 0 Å². The number of nitrogens with zero attached hydrogens (tertiary/aromatic N) is 1. The highest BCUT2D eigenvalue weighted by Crippen LogP contribution is 2.20. The van der Waals surface area contributed by atoms with Gasteiger partial charge < -0.3 is 21.4 Å². The van der Waals surface area contributed by atoms with Gasteiger partial charge in [-0.1, -0.05) is 17.3 Å². The minimum atomic E-state index is -0.486. The van der Waals surface area contributed by atoms with Crippen molar-refractivity contribution in [3.63, 3.8) is 0 Å². The number of halogens is 1. The van der Waals surface area contributed by atoms with Gasteiger partial charge in [0.15, 0.2) is 5.84 Å². The Kier molecular flexibility index (Phi) is 3.78. The van der Waals surface area contributed by atoms with Crippen LogP contribution >= 0.6 is 0 Å². The molecule has 5 N–H and O–H groups in total. The molecule has 1 fully saturated rings.